The fourth-order valence-electron chi connectivity index (χ4n) is 2.37. The van der Waals surface area contributed by atoms with Crippen molar-refractivity contribution in [2.75, 3.05) is 7.11 Å². The Bertz CT molecular complexity index is 1000. The van der Waals surface area contributed by atoms with Crippen molar-refractivity contribution in [1.82, 2.24) is 10.4 Å². The Morgan fingerprint density at radius 2 is 1.93 bits per heavy atom. The van der Waals surface area contributed by atoms with Crippen molar-refractivity contribution in [1.29, 1.82) is 0 Å². The van der Waals surface area contributed by atoms with Crippen molar-refractivity contribution in [2.45, 2.75) is 0 Å². The van der Waals surface area contributed by atoms with Gasteiger partial charge in [-0.25, -0.2) is 4.99 Å². The molecule has 140 valence electrons. The van der Waals surface area contributed by atoms with E-state index >= 15 is 0 Å². The summed E-state index contributed by atoms with van der Waals surface area (Å²) in [6.07, 6.45) is 3.10. The van der Waals surface area contributed by atoms with E-state index in [1.54, 1.807) is 18.3 Å². The molecule has 0 radical (unpaired) electrons. The van der Waals surface area contributed by atoms with E-state index in [1.165, 1.54) is 31.5 Å². The summed E-state index contributed by atoms with van der Waals surface area (Å²) in [5.41, 5.74) is 4.62. The number of nitrogens with zero attached hydrogens (tertiary/aromatic N) is 4. The van der Waals surface area contributed by atoms with Gasteiger partial charge in [0.1, 0.15) is 11.4 Å². The van der Waals surface area contributed by atoms with Crippen LogP contribution in [0.4, 0.5) is 11.4 Å². The number of hydrogen-bond donors (Lipinski definition) is 1. The molecule has 0 spiro atoms. The van der Waals surface area contributed by atoms with Gasteiger partial charge in [-0.1, -0.05) is 24.3 Å². The summed E-state index contributed by atoms with van der Waals surface area (Å²) in [4.78, 5) is 19.4. The molecule has 8 nitrogen and oxygen atoms in total. The number of non-ortho nitro benzene ring substituents is 1. The van der Waals surface area contributed by atoms with E-state index < -0.39 is 4.92 Å². The molecule has 0 fully saturated rings. The van der Waals surface area contributed by atoms with Crippen LogP contribution in [0.5, 0.6) is 5.75 Å². The Kier molecular flexibility index (Phi) is 6.04. The van der Waals surface area contributed by atoms with Crippen LogP contribution in [0.25, 0.3) is 0 Å². The van der Waals surface area contributed by atoms with E-state index in [-0.39, 0.29) is 5.69 Å². The lowest BCUT2D eigenvalue weighted by Gasteiger charge is -2.06. The number of rotatable bonds is 6. The van der Waals surface area contributed by atoms with Gasteiger partial charge in [0, 0.05) is 23.9 Å². The summed E-state index contributed by atoms with van der Waals surface area (Å²) in [5.74, 6) is 0.906. The standard InChI is InChI=1S/C20H17N5O3/c1-28-19-11-10-17(25(26)27)13-15(19)14-22-24-20(18-9-5-6-12-21-18)23-16-7-3-2-4-8-16/h2-14H,1H3,(H,23,24)/b22-14+. The molecule has 0 saturated heterocycles. The summed E-state index contributed by atoms with van der Waals surface area (Å²) in [5, 5.41) is 15.2. The number of amidine groups is 1. The van der Waals surface area contributed by atoms with Gasteiger partial charge in [-0.3, -0.25) is 20.5 Å². The normalized spacial score (nSPS) is 11.4. The molecular formula is C20H17N5O3. The molecule has 1 heterocycles. The zero-order valence-corrected chi connectivity index (χ0v) is 15.0. The van der Waals surface area contributed by atoms with Crippen LogP contribution in [0.3, 0.4) is 0 Å². The minimum Gasteiger partial charge on any atom is -0.496 e. The molecule has 0 amide bonds. The van der Waals surface area contributed by atoms with Crippen molar-refractivity contribution in [3.05, 3.63) is 94.3 Å². The number of hydrazone groups is 1. The van der Waals surface area contributed by atoms with Gasteiger partial charge in [0.15, 0.2) is 5.84 Å². The average Bonchev–Trinajstić information content (AvgIpc) is 2.74. The van der Waals surface area contributed by atoms with E-state index in [0.717, 1.165) is 5.69 Å². The van der Waals surface area contributed by atoms with Crippen molar-refractivity contribution in [2.24, 2.45) is 10.1 Å². The van der Waals surface area contributed by atoms with Crippen LogP contribution >= 0.6 is 0 Å². The summed E-state index contributed by atoms with van der Waals surface area (Å²) >= 11 is 0. The highest BCUT2D eigenvalue weighted by atomic mass is 16.6. The molecule has 8 heteroatoms. The van der Waals surface area contributed by atoms with Crippen LogP contribution in [0, 0.1) is 10.1 Å². The first-order valence-electron chi connectivity index (χ1n) is 8.34. The summed E-state index contributed by atoms with van der Waals surface area (Å²) < 4.78 is 5.23. The fourth-order valence-corrected chi connectivity index (χ4v) is 2.37. The Morgan fingerprint density at radius 1 is 1.14 bits per heavy atom. The topological polar surface area (TPSA) is 102 Å². The third-order valence-corrected chi connectivity index (χ3v) is 3.70. The number of aromatic nitrogens is 1. The van der Waals surface area contributed by atoms with Gasteiger partial charge in [0.25, 0.3) is 5.69 Å². The number of para-hydroxylation sites is 1. The van der Waals surface area contributed by atoms with Crippen LogP contribution in [-0.2, 0) is 0 Å². The van der Waals surface area contributed by atoms with Crippen LogP contribution in [-0.4, -0.2) is 29.1 Å². The number of hydrogen-bond acceptors (Lipinski definition) is 6. The third-order valence-electron chi connectivity index (χ3n) is 3.70. The molecule has 28 heavy (non-hydrogen) atoms. The minimum absolute atomic E-state index is 0.0508. The van der Waals surface area contributed by atoms with Crippen molar-refractivity contribution >= 4 is 23.4 Å². The second kappa shape index (κ2) is 9.04. The second-order valence-electron chi connectivity index (χ2n) is 5.56. The predicted octanol–water partition coefficient (Wildman–Crippen LogP) is 3.70. The van der Waals surface area contributed by atoms with Gasteiger partial charge < -0.3 is 4.74 Å². The molecule has 0 aliphatic carbocycles. The number of pyridine rings is 1. The SMILES string of the molecule is COc1ccc([N+](=O)[O-])cc1/C=N/NC(=Nc1ccccc1)c1ccccn1. The molecule has 3 rings (SSSR count). The largest absolute Gasteiger partial charge is 0.496 e. The molecule has 0 aliphatic heterocycles. The van der Waals surface area contributed by atoms with Gasteiger partial charge in [-0.15, -0.1) is 0 Å². The van der Waals surface area contributed by atoms with Gasteiger partial charge in [0.2, 0.25) is 0 Å². The third kappa shape index (κ3) is 4.76. The lowest BCUT2D eigenvalue weighted by molar-refractivity contribution is -0.384. The number of aliphatic imine (C=N–C) groups is 1. The summed E-state index contributed by atoms with van der Waals surface area (Å²) in [7, 11) is 1.49. The monoisotopic (exact) mass is 375 g/mol. The Morgan fingerprint density at radius 3 is 2.61 bits per heavy atom. The van der Waals surface area contributed by atoms with Crippen molar-refractivity contribution in [3.63, 3.8) is 0 Å². The Balaban J connectivity index is 1.89. The highest BCUT2D eigenvalue weighted by molar-refractivity contribution is 5.99. The smallest absolute Gasteiger partial charge is 0.270 e. The van der Waals surface area contributed by atoms with Crippen LogP contribution < -0.4 is 10.2 Å². The first-order chi connectivity index (χ1) is 13.7. The van der Waals surface area contributed by atoms with Gasteiger partial charge in [0.05, 0.1) is 23.9 Å². The van der Waals surface area contributed by atoms with E-state index in [9.17, 15) is 10.1 Å². The van der Waals surface area contributed by atoms with E-state index in [2.05, 4.69) is 20.5 Å². The predicted molar refractivity (Wildman–Crippen MR) is 107 cm³/mol. The average molecular weight is 375 g/mol. The van der Waals surface area contributed by atoms with Crippen molar-refractivity contribution in [3.8, 4) is 5.75 Å². The van der Waals surface area contributed by atoms with Crippen molar-refractivity contribution < 1.29 is 9.66 Å². The van der Waals surface area contributed by atoms with Gasteiger partial charge in [-0.2, -0.15) is 5.10 Å². The number of nitro benzene ring substituents is 1. The zero-order valence-electron chi connectivity index (χ0n) is 15.0. The number of methoxy groups -OCH3 is 1. The number of ether oxygens (including phenoxy) is 1. The molecule has 0 atom stereocenters. The molecular weight excluding hydrogens is 358 g/mol. The number of nitrogens with one attached hydrogen (secondary N) is 1. The molecule has 1 aromatic heterocycles. The molecule has 2 aromatic carbocycles. The molecule has 0 aliphatic rings. The van der Waals surface area contributed by atoms with E-state index in [4.69, 9.17) is 4.74 Å². The van der Waals surface area contributed by atoms with Gasteiger partial charge in [-0.05, 0) is 30.3 Å². The molecule has 0 unspecified atom stereocenters. The maximum absolute atomic E-state index is 11.0. The van der Waals surface area contributed by atoms with Crippen LogP contribution in [0.15, 0.2) is 83.0 Å². The first-order valence-corrected chi connectivity index (χ1v) is 8.34. The Hall–Kier alpha value is -4.07. The molecule has 3 aromatic rings. The number of nitro groups is 1. The highest BCUT2D eigenvalue weighted by Gasteiger charge is 2.10. The fraction of sp³-hybridized carbons (Fsp3) is 0.0500. The van der Waals surface area contributed by atoms with Gasteiger partial charge >= 0.3 is 0 Å². The van der Waals surface area contributed by atoms with Crippen LogP contribution in [0.2, 0.25) is 0 Å². The maximum Gasteiger partial charge on any atom is 0.270 e. The van der Waals surface area contributed by atoms with E-state index in [1.807, 2.05) is 36.4 Å². The summed E-state index contributed by atoms with van der Waals surface area (Å²) in [6, 6.07) is 19.1. The minimum atomic E-state index is -0.472. The first kappa shape index (κ1) is 18.7. The highest BCUT2D eigenvalue weighted by Crippen LogP contribution is 2.22. The van der Waals surface area contributed by atoms with E-state index in [0.29, 0.717) is 22.8 Å². The zero-order chi connectivity index (χ0) is 19.8. The second-order valence-corrected chi connectivity index (χ2v) is 5.56. The lowest BCUT2D eigenvalue weighted by Crippen LogP contribution is -2.20. The lowest BCUT2D eigenvalue weighted by atomic mass is 10.2. The van der Waals surface area contributed by atoms with Crippen LogP contribution in [0.1, 0.15) is 11.3 Å². The maximum atomic E-state index is 11.0. The summed E-state index contributed by atoms with van der Waals surface area (Å²) in [6.45, 7) is 0. The molecule has 1 N–H and O–H groups in total. The molecule has 0 saturated carbocycles. The quantitative estimate of drug-likeness (QED) is 0.306. The Labute approximate surface area is 161 Å². The number of benzene rings is 2. The molecule has 0 bridgehead atoms.